The summed E-state index contributed by atoms with van der Waals surface area (Å²) in [6, 6.07) is 7.45. The fourth-order valence-electron chi connectivity index (χ4n) is 1.82. The highest BCUT2D eigenvalue weighted by Crippen LogP contribution is 2.25. The Morgan fingerprint density at radius 3 is 2.24 bits per heavy atom. The number of amides is 1. The van der Waals surface area contributed by atoms with E-state index in [1.807, 2.05) is 0 Å². The van der Waals surface area contributed by atoms with Crippen molar-refractivity contribution in [3.05, 3.63) is 53.6 Å². The van der Waals surface area contributed by atoms with Crippen LogP contribution >= 0.6 is 0 Å². The third-order valence-electron chi connectivity index (χ3n) is 2.77. The van der Waals surface area contributed by atoms with Gasteiger partial charge in [0, 0.05) is 11.8 Å². The number of nitrogens with one attached hydrogen (secondary N) is 1. The first-order valence-electron chi connectivity index (χ1n) is 6.03. The molecule has 0 fully saturated rings. The van der Waals surface area contributed by atoms with Crippen molar-refractivity contribution in [3.63, 3.8) is 0 Å². The highest BCUT2D eigenvalue weighted by molar-refractivity contribution is 6.06. The minimum Gasteiger partial charge on any atom is -0.497 e. The molecule has 0 aliphatic heterocycles. The second kappa shape index (κ2) is 6.21. The van der Waals surface area contributed by atoms with Crippen molar-refractivity contribution in [2.24, 2.45) is 0 Å². The van der Waals surface area contributed by atoms with Gasteiger partial charge >= 0.3 is 0 Å². The molecular formula is C15H13F2NO3. The Labute approximate surface area is 120 Å². The first-order chi connectivity index (χ1) is 10.0. The molecule has 0 saturated heterocycles. The third kappa shape index (κ3) is 3.47. The molecule has 1 amide bonds. The Hall–Kier alpha value is -2.63. The SMILES string of the molecule is COc1ccc(OC)c(C(=O)Nc2cc(F)cc(F)c2)c1. The van der Waals surface area contributed by atoms with E-state index in [0.29, 0.717) is 11.5 Å². The number of ether oxygens (including phenoxy) is 2. The molecular weight excluding hydrogens is 280 g/mol. The zero-order valence-electron chi connectivity index (χ0n) is 11.4. The molecule has 2 aromatic rings. The summed E-state index contributed by atoms with van der Waals surface area (Å²) in [4.78, 5) is 12.2. The second-order valence-electron chi connectivity index (χ2n) is 4.18. The third-order valence-corrected chi connectivity index (χ3v) is 2.77. The van der Waals surface area contributed by atoms with Crippen molar-refractivity contribution in [3.8, 4) is 11.5 Å². The van der Waals surface area contributed by atoms with Crippen molar-refractivity contribution in [1.82, 2.24) is 0 Å². The average molecular weight is 293 g/mol. The Bertz CT molecular complexity index is 654. The van der Waals surface area contributed by atoms with Crippen molar-refractivity contribution in [2.75, 3.05) is 19.5 Å². The molecule has 0 radical (unpaired) electrons. The van der Waals surface area contributed by atoms with Gasteiger partial charge in [0.25, 0.3) is 5.91 Å². The van der Waals surface area contributed by atoms with Gasteiger partial charge in [0.1, 0.15) is 23.1 Å². The molecule has 1 N–H and O–H groups in total. The van der Waals surface area contributed by atoms with Gasteiger partial charge in [-0.05, 0) is 30.3 Å². The lowest BCUT2D eigenvalue weighted by atomic mass is 10.1. The van der Waals surface area contributed by atoms with Gasteiger partial charge in [-0.25, -0.2) is 8.78 Å². The fraction of sp³-hybridized carbons (Fsp3) is 0.133. The quantitative estimate of drug-likeness (QED) is 0.941. The standard InChI is InChI=1S/C15H13F2NO3/c1-20-12-3-4-14(21-2)13(8-12)15(19)18-11-6-9(16)5-10(17)7-11/h3-8H,1-2H3,(H,18,19). The Morgan fingerprint density at radius 1 is 1.00 bits per heavy atom. The van der Waals surface area contributed by atoms with Crippen LogP contribution in [0.5, 0.6) is 11.5 Å². The molecule has 0 unspecified atom stereocenters. The van der Waals surface area contributed by atoms with E-state index in [9.17, 15) is 13.6 Å². The summed E-state index contributed by atoms with van der Waals surface area (Å²) in [7, 11) is 2.88. The van der Waals surface area contributed by atoms with Crippen LogP contribution in [0.1, 0.15) is 10.4 Å². The lowest BCUT2D eigenvalue weighted by Crippen LogP contribution is -2.13. The lowest BCUT2D eigenvalue weighted by Gasteiger charge is -2.11. The summed E-state index contributed by atoms with van der Waals surface area (Å²) in [6.45, 7) is 0. The molecule has 21 heavy (non-hydrogen) atoms. The molecule has 0 atom stereocenters. The van der Waals surface area contributed by atoms with Crippen LogP contribution in [0.2, 0.25) is 0 Å². The summed E-state index contributed by atoms with van der Waals surface area (Å²) in [5.74, 6) is -1.32. The number of halogens is 2. The molecule has 0 saturated carbocycles. The molecule has 0 aromatic heterocycles. The van der Waals surface area contributed by atoms with Crippen LogP contribution in [0.3, 0.4) is 0 Å². The summed E-state index contributed by atoms with van der Waals surface area (Å²) >= 11 is 0. The van der Waals surface area contributed by atoms with Crippen LogP contribution in [0.15, 0.2) is 36.4 Å². The molecule has 110 valence electrons. The number of benzene rings is 2. The molecule has 0 bridgehead atoms. The van der Waals surface area contributed by atoms with Gasteiger partial charge in [-0.1, -0.05) is 0 Å². The predicted octanol–water partition coefficient (Wildman–Crippen LogP) is 3.23. The van der Waals surface area contributed by atoms with E-state index in [0.717, 1.165) is 18.2 Å². The molecule has 0 spiro atoms. The van der Waals surface area contributed by atoms with Gasteiger partial charge in [0.2, 0.25) is 0 Å². The van der Waals surface area contributed by atoms with Crippen molar-refractivity contribution in [1.29, 1.82) is 0 Å². The van der Waals surface area contributed by atoms with Crippen LogP contribution in [0.4, 0.5) is 14.5 Å². The maximum Gasteiger partial charge on any atom is 0.259 e. The van der Waals surface area contributed by atoms with E-state index in [1.165, 1.54) is 20.3 Å². The number of hydrogen-bond donors (Lipinski definition) is 1. The van der Waals surface area contributed by atoms with Crippen molar-refractivity contribution < 1.29 is 23.0 Å². The van der Waals surface area contributed by atoms with Gasteiger partial charge < -0.3 is 14.8 Å². The zero-order chi connectivity index (χ0) is 15.4. The maximum absolute atomic E-state index is 13.1. The Kier molecular flexibility index (Phi) is 4.37. The Balaban J connectivity index is 2.31. The number of carbonyl (C=O) groups excluding carboxylic acids is 1. The smallest absolute Gasteiger partial charge is 0.259 e. The van der Waals surface area contributed by atoms with Gasteiger partial charge in [-0.15, -0.1) is 0 Å². The molecule has 0 aliphatic rings. The number of methoxy groups -OCH3 is 2. The normalized spacial score (nSPS) is 10.1. The largest absolute Gasteiger partial charge is 0.497 e. The molecule has 4 nitrogen and oxygen atoms in total. The van der Waals surface area contributed by atoms with E-state index in [2.05, 4.69) is 5.32 Å². The maximum atomic E-state index is 13.1. The molecule has 0 aliphatic carbocycles. The number of rotatable bonds is 4. The summed E-state index contributed by atoms with van der Waals surface area (Å²) in [5, 5.41) is 2.41. The van der Waals surface area contributed by atoms with Gasteiger partial charge in [-0.3, -0.25) is 4.79 Å². The highest BCUT2D eigenvalue weighted by atomic mass is 19.1. The average Bonchev–Trinajstić information content (AvgIpc) is 2.45. The first kappa shape index (κ1) is 14.8. The van der Waals surface area contributed by atoms with E-state index in [4.69, 9.17) is 9.47 Å². The topological polar surface area (TPSA) is 47.6 Å². The first-order valence-corrected chi connectivity index (χ1v) is 6.03. The summed E-state index contributed by atoms with van der Waals surface area (Å²) in [5.41, 5.74) is 0.212. The second-order valence-corrected chi connectivity index (χ2v) is 4.18. The summed E-state index contributed by atoms with van der Waals surface area (Å²) in [6.07, 6.45) is 0. The van der Waals surface area contributed by atoms with Crippen LogP contribution in [-0.2, 0) is 0 Å². The van der Waals surface area contributed by atoms with Crippen LogP contribution < -0.4 is 14.8 Å². The number of carbonyl (C=O) groups is 1. The van der Waals surface area contributed by atoms with Gasteiger partial charge in [0.05, 0.1) is 19.8 Å². The number of hydrogen-bond acceptors (Lipinski definition) is 3. The molecule has 6 heteroatoms. The number of anilines is 1. The van der Waals surface area contributed by atoms with E-state index < -0.39 is 17.5 Å². The predicted molar refractivity (Wildman–Crippen MR) is 73.9 cm³/mol. The fourth-order valence-corrected chi connectivity index (χ4v) is 1.82. The molecule has 0 heterocycles. The minimum atomic E-state index is -0.775. The minimum absolute atomic E-state index is 0.0161. The zero-order valence-corrected chi connectivity index (χ0v) is 11.4. The summed E-state index contributed by atoms with van der Waals surface area (Å²) < 4.78 is 36.3. The van der Waals surface area contributed by atoms with E-state index in [1.54, 1.807) is 12.1 Å². The van der Waals surface area contributed by atoms with E-state index >= 15 is 0 Å². The van der Waals surface area contributed by atoms with Gasteiger partial charge in [0.15, 0.2) is 0 Å². The van der Waals surface area contributed by atoms with Crippen LogP contribution in [-0.4, -0.2) is 20.1 Å². The van der Waals surface area contributed by atoms with Crippen molar-refractivity contribution in [2.45, 2.75) is 0 Å². The molecule has 2 rings (SSSR count). The monoisotopic (exact) mass is 293 g/mol. The Morgan fingerprint density at radius 2 is 1.67 bits per heavy atom. The van der Waals surface area contributed by atoms with Crippen molar-refractivity contribution >= 4 is 11.6 Å². The van der Waals surface area contributed by atoms with Crippen LogP contribution in [0.25, 0.3) is 0 Å². The van der Waals surface area contributed by atoms with Crippen LogP contribution in [0, 0.1) is 11.6 Å². The van der Waals surface area contributed by atoms with Gasteiger partial charge in [-0.2, -0.15) is 0 Å². The molecule has 2 aromatic carbocycles. The lowest BCUT2D eigenvalue weighted by molar-refractivity contribution is 0.102. The van der Waals surface area contributed by atoms with E-state index in [-0.39, 0.29) is 11.3 Å². The highest BCUT2D eigenvalue weighted by Gasteiger charge is 2.14.